The van der Waals surface area contributed by atoms with E-state index in [4.69, 9.17) is 16.3 Å². The van der Waals surface area contributed by atoms with Gasteiger partial charge in [-0.2, -0.15) is 4.98 Å². The van der Waals surface area contributed by atoms with Crippen LogP contribution in [0, 0.1) is 6.92 Å². The number of anilines is 3. The van der Waals surface area contributed by atoms with Gasteiger partial charge in [-0.3, -0.25) is 4.68 Å². The number of nitrogens with zero attached hydrogens (tertiary/aromatic N) is 4. The highest BCUT2D eigenvalue weighted by atomic mass is 35.5. The molecule has 0 aromatic carbocycles. The molecule has 2 bridgehead atoms. The summed E-state index contributed by atoms with van der Waals surface area (Å²) in [6.07, 6.45) is 2.32. The lowest BCUT2D eigenvalue weighted by Crippen LogP contribution is -2.32. The minimum Gasteiger partial charge on any atom is -0.475 e. The van der Waals surface area contributed by atoms with Gasteiger partial charge in [0.2, 0.25) is 5.95 Å². The monoisotopic (exact) mass is 352 g/mol. The second-order valence-electron chi connectivity index (χ2n) is 6.29. The summed E-state index contributed by atoms with van der Waals surface area (Å²) < 4.78 is 7.58. The molecule has 130 valence electrons. The second-order valence-corrected chi connectivity index (χ2v) is 6.70. The van der Waals surface area contributed by atoms with Crippen molar-refractivity contribution in [3.05, 3.63) is 16.9 Å². The third kappa shape index (κ3) is 3.11. The van der Waals surface area contributed by atoms with Crippen LogP contribution in [-0.2, 0) is 5.54 Å². The molecule has 2 aromatic heterocycles. The van der Waals surface area contributed by atoms with Crippen molar-refractivity contribution in [2.45, 2.75) is 32.7 Å². The third-order valence-corrected chi connectivity index (χ3v) is 4.15. The molecule has 0 saturated heterocycles. The minimum atomic E-state index is -0.549. The van der Waals surface area contributed by atoms with Gasteiger partial charge in [0, 0.05) is 6.54 Å². The van der Waals surface area contributed by atoms with Crippen molar-refractivity contribution in [1.29, 1.82) is 0 Å². The number of halogens is 1. The second kappa shape index (κ2) is 6.45. The summed E-state index contributed by atoms with van der Waals surface area (Å²) in [5.74, 6) is 1.45. The molecule has 0 radical (unpaired) electrons. The molecule has 0 aliphatic carbocycles. The lowest BCUT2D eigenvalue weighted by Gasteiger charge is -2.24. The van der Waals surface area contributed by atoms with E-state index in [0.29, 0.717) is 41.5 Å². The Kier molecular flexibility index (Phi) is 4.51. The first kappa shape index (κ1) is 16.8. The Morgan fingerprint density at radius 2 is 2.25 bits per heavy atom. The van der Waals surface area contributed by atoms with Gasteiger partial charge >= 0.3 is 0 Å². The fraction of sp³-hybridized carbons (Fsp3) is 0.533. The van der Waals surface area contributed by atoms with Gasteiger partial charge < -0.3 is 20.5 Å². The maximum atomic E-state index is 9.64. The minimum absolute atomic E-state index is 0.0418. The molecule has 0 unspecified atom stereocenters. The van der Waals surface area contributed by atoms with Gasteiger partial charge in [0.1, 0.15) is 10.7 Å². The van der Waals surface area contributed by atoms with Crippen LogP contribution in [0.2, 0.25) is 5.02 Å². The van der Waals surface area contributed by atoms with E-state index in [1.54, 1.807) is 10.9 Å². The maximum Gasteiger partial charge on any atom is 0.257 e. The number of aliphatic hydroxyl groups is 1. The van der Waals surface area contributed by atoms with Crippen molar-refractivity contribution >= 4 is 29.1 Å². The van der Waals surface area contributed by atoms with E-state index < -0.39 is 5.54 Å². The summed E-state index contributed by atoms with van der Waals surface area (Å²) in [6.45, 7) is 6.86. The zero-order valence-electron chi connectivity index (χ0n) is 13.9. The van der Waals surface area contributed by atoms with Gasteiger partial charge in [0.05, 0.1) is 30.6 Å². The summed E-state index contributed by atoms with van der Waals surface area (Å²) in [6, 6.07) is 0. The van der Waals surface area contributed by atoms with Crippen molar-refractivity contribution in [2.24, 2.45) is 0 Å². The highest BCUT2D eigenvalue weighted by Gasteiger charge is 2.27. The molecule has 9 heteroatoms. The molecular weight excluding hydrogens is 332 g/mol. The van der Waals surface area contributed by atoms with E-state index in [1.807, 2.05) is 20.8 Å². The highest BCUT2D eigenvalue weighted by molar-refractivity contribution is 6.32. The number of aliphatic hydroxyl groups excluding tert-OH is 1. The van der Waals surface area contributed by atoms with Gasteiger partial charge in [-0.25, -0.2) is 4.98 Å². The van der Waals surface area contributed by atoms with Crippen molar-refractivity contribution < 1.29 is 9.84 Å². The van der Waals surface area contributed by atoms with Crippen LogP contribution < -0.4 is 15.4 Å². The first-order valence-electron chi connectivity index (χ1n) is 7.79. The fourth-order valence-corrected chi connectivity index (χ4v) is 2.65. The Bertz CT molecular complexity index is 746. The van der Waals surface area contributed by atoms with Crippen LogP contribution in [-0.4, -0.2) is 44.6 Å². The number of rotatable bonds is 2. The molecule has 2 aromatic rings. The standard InChI is InChI=1S/C15H21ClN6O2/c1-9-11-13(21-22(9)15(2,3)8-23)24-6-4-5-17-12-10(16)7-18-14(19-11)20-12/h7,23H,4-6,8H2,1-3H3,(H2,17,18,19,20). The van der Waals surface area contributed by atoms with Crippen LogP contribution in [0.25, 0.3) is 0 Å². The highest BCUT2D eigenvalue weighted by Crippen LogP contribution is 2.34. The van der Waals surface area contributed by atoms with Gasteiger partial charge in [-0.1, -0.05) is 11.6 Å². The number of ether oxygens (including phenoxy) is 1. The Morgan fingerprint density at radius 3 is 3.00 bits per heavy atom. The number of aromatic nitrogens is 4. The summed E-state index contributed by atoms with van der Waals surface area (Å²) in [7, 11) is 0. The fourth-order valence-electron chi connectivity index (χ4n) is 2.49. The van der Waals surface area contributed by atoms with Crippen LogP contribution in [0.1, 0.15) is 26.0 Å². The maximum absolute atomic E-state index is 9.64. The summed E-state index contributed by atoms with van der Waals surface area (Å²) in [5, 5.41) is 21.0. The quantitative estimate of drug-likeness (QED) is 0.762. The van der Waals surface area contributed by atoms with Gasteiger partial charge in [-0.05, 0) is 27.2 Å². The van der Waals surface area contributed by atoms with E-state index in [0.717, 1.165) is 12.1 Å². The SMILES string of the molecule is Cc1c2c(nn1C(C)(C)CO)OCCCNc1nc(ncc1Cl)N2. The molecule has 0 atom stereocenters. The molecule has 3 rings (SSSR count). The molecule has 0 spiro atoms. The average Bonchev–Trinajstić information content (AvgIpc) is 2.85. The molecule has 8 nitrogen and oxygen atoms in total. The largest absolute Gasteiger partial charge is 0.475 e. The zero-order chi connectivity index (χ0) is 17.3. The zero-order valence-corrected chi connectivity index (χ0v) is 14.7. The van der Waals surface area contributed by atoms with Crippen LogP contribution in [0.4, 0.5) is 17.5 Å². The molecule has 3 N–H and O–H groups in total. The first-order chi connectivity index (χ1) is 11.4. The van der Waals surface area contributed by atoms with Gasteiger partial charge in [0.25, 0.3) is 5.88 Å². The van der Waals surface area contributed by atoms with Crippen LogP contribution in [0.15, 0.2) is 6.20 Å². The van der Waals surface area contributed by atoms with Crippen LogP contribution in [0.5, 0.6) is 5.88 Å². The molecule has 1 aliphatic heterocycles. The summed E-state index contributed by atoms with van der Waals surface area (Å²) in [5.41, 5.74) is 0.968. The Labute approximate surface area is 145 Å². The lowest BCUT2D eigenvalue weighted by atomic mass is 10.1. The molecular formula is C15H21ClN6O2. The number of hydrogen-bond donors (Lipinski definition) is 3. The van der Waals surface area contributed by atoms with Crippen LogP contribution in [0.3, 0.4) is 0 Å². The molecule has 0 amide bonds. The van der Waals surface area contributed by atoms with E-state index in [2.05, 4.69) is 25.7 Å². The van der Waals surface area contributed by atoms with E-state index in [-0.39, 0.29) is 6.61 Å². The van der Waals surface area contributed by atoms with Crippen molar-refractivity contribution in [2.75, 3.05) is 30.4 Å². The molecule has 1 aliphatic rings. The average molecular weight is 353 g/mol. The molecule has 0 saturated carbocycles. The topological polar surface area (TPSA) is 97.1 Å². The normalized spacial score (nSPS) is 14.7. The van der Waals surface area contributed by atoms with E-state index in [1.165, 1.54) is 0 Å². The molecule has 0 fully saturated rings. The molecule has 3 heterocycles. The Morgan fingerprint density at radius 1 is 1.46 bits per heavy atom. The number of fused-ring (bicyclic) bond motifs is 3. The first-order valence-corrected chi connectivity index (χ1v) is 8.17. The summed E-state index contributed by atoms with van der Waals surface area (Å²) in [4.78, 5) is 8.61. The predicted molar refractivity (Wildman–Crippen MR) is 92.3 cm³/mol. The number of nitrogens with one attached hydrogen (secondary N) is 2. The predicted octanol–water partition coefficient (Wildman–Crippen LogP) is 2.30. The van der Waals surface area contributed by atoms with Crippen molar-refractivity contribution in [1.82, 2.24) is 19.7 Å². The smallest absolute Gasteiger partial charge is 0.257 e. The van der Waals surface area contributed by atoms with Gasteiger partial charge in [0.15, 0.2) is 5.82 Å². The van der Waals surface area contributed by atoms with Gasteiger partial charge in [-0.15, -0.1) is 5.10 Å². The van der Waals surface area contributed by atoms with E-state index >= 15 is 0 Å². The van der Waals surface area contributed by atoms with Crippen molar-refractivity contribution in [3.8, 4) is 5.88 Å². The summed E-state index contributed by atoms with van der Waals surface area (Å²) >= 11 is 6.11. The van der Waals surface area contributed by atoms with Crippen molar-refractivity contribution in [3.63, 3.8) is 0 Å². The third-order valence-electron chi connectivity index (χ3n) is 3.88. The van der Waals surface area contributed by atoms with Crippen LogP contribution >= 0.6 is 11.6 Å². The Hall–Kier alpha value is -2.06. The number of hydrogen-bond acceptors (Lipinski definition) is 7. The van der Waals surface area contributed by atoms with E-state index in [9.17, 15) is 5.11 Å². The molecule has 24 heavy (non-hydrogen) atoms. The Balaban J connectivity index is 2.06. The lowest BCUT2D eigenvalue weighted by molar-refractivity contribution is 0.147.